The minimum Gasteiger partial charge on any atom is -0.325 e. The van der Waals surface area contributed by atoms with E-state index in [1.54, 1.807) is 0 Å². The molecule has 1 aromatic heterocycles. The third-order valence-corrected chi connectivity index (χ3v) is 3.94. The predicted molar refractivity (Wildman–Crippen MR) is 83.1 cm³/mol. The van der Waals surface area contributed by atoms with Crippen molar-refractivity contribution in [2.24, 2.45) is 5.92 Å². The van der Waals surface area contributed by atoms with E-state index in [-0.39, 0.29) is 0 Å². The molecule has 0 saturated carbocycles. The lowest BCUT2D eigenvalue weighted by Crippen LogP contribution is -2.17. The molecule has 1 heterocycles. The van der Waals surface area contributed by atoms with Gasteiger partial charge in [0, 0.05) is 18.3 Å². The van der Waals surface area contributed by atoms with Crippen molar-refractivity contribution in [2.75, 3.05) is 5.88 Å². The zero-order valence-corrected chi connectivity index (χ0v) is 13.0. The summed E-state index contributed by atoms with van der Waals surface area (Å²) in [5.74, 6) is 2.34. The van der Waals surface area contributed by atoms with Gasteiger partial charge in [0.25, 0.3) is 0 Å². The Bertz CT molecular complexity index is 557. The normalized spacial score (nSPS) is 13.4. The van der Waals surface area contributed by atoms with Crippen LogP contribution in [0.4, 0.5) is 0 Å². The molecule has 0 bridgehead atoms. The number of aromatic nitrogens is 2. The van der Waals surface area contributed by atoms with Crippen molar-refractivity contribution >= 4 is 22.6 Å². The molecular weight excluding hydrogens is 256 g/mol. The molecule has 0 aliphatic carbocycles. The first-order valence-corrected chi connectivity index (χ1v) is 7.65. The van der Waals surface area contributed by atoms with E-state index in [4.69, 9.17) is 16.6 Å². The van der Waals surface area contributed by atoms with Crippen molar-refractivity contribution in [3.63, 3.8) is 0 Å². The third-order valence-electron chi connectivity index (χ3n) is 3.76. The van der Waals surface area contributed by atoms with Crippen molar-refractivity contribution in [2.45, 2.75) is 46.6 Å². The molecule has 1 aromatic carbocycles. The molecule has 0 saturated heterocycles. The predicted octanol–water partition coefficient (Wildman–Crippen LogP) is 4.73. The Morgan fingerprint density at radius 2 is 2.05 bits per heavy atom. The van der Waals surface area contributed by atoms with Crippen LogP contribution < -0.4 is 0 Å². The summed E-state index contributed by atoms with van der Waals surface area (Å²) in [5, 5.41) is 0. The Hall–Kier alpha value is -1.02. The fraction of sp³-hybridized carbons (Fsp3) is 0.562. The smallest absolute Gasteiger partial charge is 0.111 e. The fourth-order valence-electron chi connectivity index (χ4n) is 2.84. The highest BCUT2D eigenvalue weighted by Crippen LogP contribution is 2.29. The summed E-state index contributed by atoms with van der Waals surface area (Å²) in [5.41, 5.74) is 3.62. The molecule has 0 aliphatic heterocycles. The Balaban J connectivity index is 2.65. The molecule has 0 spiro atoms. The average Bonchev–Trinajstić information content (AvgIpc) is 2.69. The maximum absolute atomic E-state index is 5.94. The van der Waals surface area contributed by atoms with Crippen LogP contribution in [0.5, 0.6) is 0 Å². The minimum absolute atomic E-state index is 0.491. The first-order valence-electron chi connectivity index (χ1n) is 7.11. The van der Waals surface area contributed by atoms with Crippen LogP contribution >= 0.6 is 11.6 Å². The second kappa shape index (κ2) is 5.96. The second-order valence-corrected chi connectivity index (χ2v) is 5.93. The van der Waals surface area contributed by atoms with Crippen LogP contribution in [-0.2, 0) is 6.42 Å². The van der Waals surface area contributed by atoms with Crippen molar-refractivity contribution < 1.29 is 0 Å². The van der Waals surface area contributed by atoms with E-state index in [2.05, 4.69) is 50.5 Å². The monoisotopic (exact) mass is 278 g/mol. The lowest BCUT2D eigenvalue weighted by molar-refractivity contribution is 0.365. The first kappa shape index (κ1) is 14.4. The third kappa shape index (κ3) is 2.79. The maximum atomic E-state index is 5.94. The Morgan fingerprint density at radius 3 is 2.63 bits per heavy atom. The van der Waals surface area contributed by atoms with Crippen LogP contribution in [0.3, 0.4) is 0 Å². The topological polar surface area (TPSA) is 17.8 Å². The van der Waals surface area contributed by atoms with Gasteiger partial charge in [-0.3, -0.25) is 0 Å². The summed E-state index contributed by atoms with van der Waals surface area (Å²) in [6.45, 7) is 8.94. The Kier molecular flexibility index (Phi) is 4.51. The van der Waals surface area contributed by atoms with Gasteiger partial charge in [0.15, 0.2) is 0 Å². The highest BCUT2D eigenvalue weighted by atomic mass is 35.5. The highest BCUT2D eigenvalue weighted by molar-refractivity contribution is 6.17. The van der Waals surface area contributed by atoms with Crippen LogP contribution in [-0.4, -0.2) is 15.4 Å². The van der Waals surface area contributed by atoms with Crippen LogP contribution in [0.2, 0.25) is 0 Å². The molecule has 104 valence electrons. The number of benzene rings is 1. The Morgan fingerprint density at radius 1 is 1.32 bits per heavy atom. The molecule has 0 aliphatic rings. The molecule has 3 heteroatoms. The first-order chi connectivity index (χ1) is 9.08. The van der Waals surface area contributed by atoms with Crippen LogP contribution in [0.25, 0.3) is 11.0 Å². The zero-order chi connectivity index (χ0) is 14.0. The van der Waals surface area contributed by atoms with E-state index in [1.807, 2.05) is 0 Å². The van der Waals surface area contributed by atoms with E-state index in [9.17, 15) is 0 Å². The van der Waals surface area contributed by atoms with E-state index in [1.165, 1.54) is 11.1 Å². The molecule has 0 radical (unpaired) electrons. The molecule has 2 rings (SSSR count). The van der Waals surface area contributed by atoms with E-state index in [0.717, 1.165) is 24.2 Å². The summed E-state index contributed by atoms with van der Waals surface area (Å²) in [7, 11) is 0. The second-order valence-electron chi connectivity index (χ2n) is 5.55. The molecule has 1 unspecified atom stereocenters. The van der Waals surface area contributed by atoms with Gasteiger partial charge in [-0.05, 0) is 37.0 Å². The van der Waals surface area contributed by atoms with Gasteiger partial charge in [-0.2, -0.15) is 0 Å². The fourth-order valence-corrected chi connectivity index (χ4v) is 3.00. The molecule has 0 N–H and O–H groups in total. The number of imidazole rings is 1. The van der Waals surface area contributed by atoms with Crippen LogP contribution in [0.15, 0.2) is 18.2 Å². The van der Waals surface area contributed by atoms with Crippen molar-refractivity contribution in [3.05, 3.63) is 29.6 Å². The van der Waals surface area contributed by atoms with Gasteiger partial charge in [0.2, 0.25) is 0 Å². The van der Waals surface area contributed by atoms with E-state index < -0.39 is 0 Å². The summed E-state index contributed by atoms with van der Waals surface area (Å²) in [4.78, 5) is 4.77. The van der Waals surface area contributed by atoms with Gasteiger partial charge in [-0.25, -0.2) is 4.98 Å². The molecule has 1 atom stereocenters. The molecule has 0 amide bonds. The number of hydrogen-bond acceptors (Lipinski definition) is 1. The van der Waals surface area contributed by atoms with E-state index >= 15 is 0 Å². The van der Waals surface area contributed by atoms with Gasteiger partial charge in [-0.1, -0.05) is 26.8 Å². The standard InChI is InChI=1S/C16H23ClN2/c1-5-14(11(2)3)19-15-10-12(4)6-7-13(15)18-16(19)8-9-17/h6-7,10-11,14H,5,8-9H2,1-4H3. The SMILES string of the molecule is CCC(C(C)C)n1c(CCCl)nc2ccc(C)cc21. The van der Waals surface area contributed by atoms with Gasteiger partial charge < -0.3 is 4.57 Å². The summed E-state index contributed by atoms with van der Waals surface area (Å²) in [6, 6.07) is 6.97. The number of halogens is 1. The lowest BCUT2D eigenvalue weighted by atomic mass is 10.0. The van der Waals surface area contributed by atoms with Crippen molar-refractivity contribution in [1.82, 2.24) is 9.55 Å². The number of aryl methyl sites for hydroxylation is 2. The number of fused-ring (bicyclic) bond motifs is 1. The van der Waals surface area contributed by atoms with Gasteiger partial charge >= 0.3 is 0 Å². The average molecular weight is 279 g/mol. The number of alkyl halides is 1. The summed E-state index contributed by atoms with van der Waals surface area (Å²) < 4.78 is 2.41. The number of nitrogens with zero attached hydrogens (tertiary/aromatic N) is 2. The van der Waals surface area contributed by atoms with Crippen LogP contribution in [0, 0.1) is 12.8 Å². The van der Waals surface area contributed by atoms with Gasteiger partial charge in [0.05, 0.1) is 11.0 Å². The van der Waals surface area contributed by atoms with Crippen LogP contribution in [0.1, 0.15) is 44.6 Å². The largest absolute Gasteiger partial charge is 0.325 e. The zero-order valence-electron chi connectivity index (χ0n) is 12.3. The summed E-state index contributed by atoms with van der Waals surface area (Å²) >= 11 is 5.94. The lowest BCUT2D eigenvalue weighted by Gasteiger charge is -2.24. The molecule has 2 aromatic rings. The molecule has 0 fully saturated rings. The maximum Gasteiger partial charge on any atom is 0.111 e. The Labute approximate surface area is 120 Å². The number of hydrogen-bond donors (Lipinski definition) is 0. The minimum atomic E-state index is 0.491. The van der Waals surface area contributed by atoms with Crippen molar-refractivity contribution in [1.29, 1.82) is 0 Å². The molecule has 2 nitrogen and oxygen atoms in total. The van der Waals surface area contributed by atoms with Crippen molar-refractivity contribution in [3.8, 4) is 0 Å². The molecular formula is C16H23ClN2. The van der Waals surface area contributed by atoms with E-state index in [0.29, 0.717) is 17.8 Å². The summed E-state index contributed by atoms with van der Waals surface area (Å²) in [6.07, 6.45) is 1.95. The number of rotatable bonds is 5. The van der Waals surface area contributed by atoms with Gasteiger partial charge in [-0.15, -0.1) is 11.6 Å². The van der Waals surface area contributed by atoms with Gasteiger partial charge in [0.1, 0.15) is 5.82 Å². The quantitative estimate of drug-likeness (QED) is 0.723. The highest BCUT2D eigenvalue weighted by Gasteiger charge is 2.20. The molecule has 19 heavy (non-hydrogen) atoms.